The maximum absolute atomic E-state index is 11.7. The number of amides is 1. The molecule has 0 bridgehead atoms. The smallest absolute Gasteiger partial charge is 0.407 e. The molecule has 126 valence electrons. The number of hydrogen-bond acceptors (Lipinski definition) is 4. The molecule has 2 N–H and O–H groups in total. The number of carbonyl (C=O) groups is 1. The Morgan fingerprint density at radius 1 is 1.39 bits per heavy atom. The van der Waals surface area contributed by atoms with Crippen LogP contribution < -0.4 is 10.6 Å². The summed E-state index contributed by atoms with van der Waals surface area (Å²) in [6.07, 6.45) is 4.51. The molecule has 0 aliphatic heterocycles. The van der Waals surface area contributed by atoms with E-state index < -0.39 is 5.60 Å². The first-order chi connectivity index (χ1) is 10.9. The van der Waals surface area contributed by atoms with Gasteiger partial charge in [0.15, 0.2) is 0 Å². The molecule has 1 atom stereocenters. The van der Waals surface area contributed by atoms with Crippen molar-refractivity contribution in [3.8, 4) is 0 Å². The molecular weight excluding hydrogens is 292 g/mol. The predicted octanol–water partition coefficient (Wildman–Crippen LogP) is 2.73. The average Bonchev–Trinajstić information content (AvgIpc) is 2.88. The van der Waals surface area contributed by atoms with Crippen LogP contribution in [0, 0.1) is 0 Å². The first-order valence-corrected chi connectivity index (χ1v) is 8.00. The summed E-state index contributed by atoms with van der Waals surface area (Å²) in [5.74, 6) is 0. The maximum Gasteiger partial charge on any atom is 0.407 e. The number of fused-ring (bicyclic) bond motifs is 1. The van der Waals surface area contributed by atoms with Crippen LogP contribution in [0.3, 0.4) is 0 Å². The Morgan fingerprint density at radius 2 is 2.17 bits per heavy atom. The van der Waals surface area contributed by atoms with Gasteiger partial charge in [0.05, 0.1) is 5.69 Å². The summed E-state index contributed by atoms with van der Waals surface area (Å²) in [7, 11) is 0. The molecule has 2 aromatic rings. The molecule has 0 radical (unpaired) electrons. The van der Waals surface area contributed by atoms with E-state index in [2.05, 4.69) is 22.5 Å². The lowest BCUT2D eigenvalue weighted by Crippen LogP contribution is -2.42. The molecule has 2 rings (SSSR count). The normalized spacial score (nSPS) is 13.0. The molecular formula is C17H26N4O2. The highest BCUT2D eigenvalue weighted by molar-refractivity contribution is 5.67. The summed E-state index contributed by atoms with van der Waals surface area (Å²) >= 11 is 0. The standard InChI is InChI=1S/C17H26N4O2/c1-5-13(10-19-16(22)23-17(2,3)4)18-11-14-12-21-9-7-6-8-15(21)20-14/h6-9,12-13,18H,5,10-11H2,1-4H3,(H,19,22). The molecule has 1 unspecified atom stereocenters. The number of aromatic nitrogens is 2. The molecule has 2 aromatic heterocycles. The number of carbonyl (C=O) groups excluding carboxylic acids is 1. The molecule has 6 heteroatoms. The number of alkyl carbamates (subject to hydrolysis) is 1. The summed E-state index contributed by atoms with van der Waals surface area (Å²) in [6, 6.07) is 6.10. The minimum atomic E-state index is -0.476. The summed E-state index contributed by atoms with van der Waals surface area (Å²) in [5.41, 5.74) is 1.44. The highest BCUT2D eigenvalue weighted by Gasteiger charge is 2.17. The third-order valence-electron chi connectivity index (χ3n) is 3.37. The van der Waals surface area contributed by atoms with E-state index in [4.69, 9.17) is 4.74 Å². The number of imidazole rings is 1. The van der Waals surface area contributed by atoms with Crippen LogP contribution in [0.15, 0.2) is 30.6 Å². The molecule has 0 fully saturated rings. The van der Waals surface area contributed by atoms with E-state index >= 15 is 0 Å². The van der Waals surface area contributed by atoms with Crippen molar-refractivity contribution in [2.45, 2.75) is 52.3 Å². The predicted molar refractivity (Wildman–Crippen MR) is 90.3 cm³/mol. The Hall–Kier alpha value is -2.08. The van der Waals surface area contributed by atoms with Gasteiger partial charge >= 0.3 is 6.09 Å². The van der Waals surface area contributed by atoms with Gasteiger partial charge < -0.3 is 19.8 Å². The molecule has 0 saturated heterocycles. The Morgan fingerprint density at radius 3 is 2.83 bits per heavy atom. The van der Waals surface area contributed by atoms with Gasteiger partial charge in [0.25, 0.3) is 0 Å². The zero-order valence-electron chi connectivity index (χ0n) is 14.3. The fourth-order valence-electron chi connectivity index (χ4n) is 2.20. The molecule has 23 heavy (non-hydrogen) atoms. The highest BCUT2D eigenvalue weighted by atomic mass is 16.6. The third kappa shape index (κ3) is 5.56. The SMILES string of the molecule is CCC(CNC(=O)OC(C)(C)C)NCc1cn2ccccc2n1. The number of nitrogens with zero attached hydrogens (tertiary/aromatic N) is 2. The van der Waals surface area contributed by atoms with Crippen molar-refractivity contribution in [2.24, 2.45) is 0 Å². The lowest BCUT2D eigenvalue weighted by atomic mass is 10.2. The van der Waals surface area contributed by atoms with Gasteiger partial charge in [-0.15, -0.1) is 0 Å². The minimum Gasteiger partial charge on any atom is -0.444 e. The van der Waals surface area contributed by atoms with Gasteiger partial charge in [0.1, 0.15) is 11.2 Å². The van der Waals surface area contributed by atoms with Crippen molar-refractivity contribution in [2.75, 3.05) is 6.54 Å². The molecule has 0 spiro atoms. The van der Waals surface area contributed by atoms with Crippen molar-refractivity contribution in [3.63, 3.8) is 0 Å². The summed E-state index contributed by atoms with van der Waals surface area (Å²) < 4.78 is 7.24. The number of ether oxygens (including phenoxy) is 1. The quantitative estimate of drug-likeness (QED) is 0.859. The van der Waals surface area contributed by atoms with E-state index in [0.717, 1.165) is 17.8 Å². The molecule has 0 saturated carbocycles. The van der Waals surface area contributed by atoms with Crippen LogP contribution in [0.4, 0.5) is 4.79 Å². The molecule has 0 aliphatic rings. The van der Waals surface area contributed by atoms with Crippen molar-refractivity contribution in [3.05, 3.63) is 36.3 Å². The van der Waals surface area contributed by atoms with Crippen LogP contribution in [0.2, 0.25) is 0 Å². The summed E-state index contributed by atoms with van der Waals surface area (Å²) in [6.45, 7) is 8.83. The Labute approximate surface area is 137 Å². The molecule has 0 aromatic carbocycles. The number of nitrogens with one attached hydrogen (secondary N) is 2. The monoisotopic (exact) mass is 318 g/mol. The van der Waals surface area contributed by atoms with E-state index in [0.29, 0.717) is 13.1 Å². The second-order valence-corrected chi connectivity index (χ2v) is 6.57. The molecule has 6 nitrogen and oxygen atoms in total. The topological polar surface area (TPSA) is 67.7 Å². The van der Waals surface area contributed by atoms with Gasteiger partial charge in [-0.2, -0.15) is 0 Å². The second kappa shape index (κ2) is 7.46. The second-order valence-electron chi connectivity index (χ2n) is 6.57. The van der Waals surface area contributed by atoms with Crippen molar-refractivity contribution in [1.29, 1.82) is 0 Å². The van der Waals surface area contributed by atoms with Gasteiger partial charge in [-0.25, -0.2) is 9.78 Å². The van der Waals surface area contributed by atoms with Gasteiger partial charge in [0, 0.05) is 31.5 Å². The molecule has 2 heterocycles. The largest absolute Gasteiger partial charge is 0.444 e. The average molecular weight is 318 g/mol. The number of rotatable bonds is 6. The zero-order chi connectivity index (χ0) is 16.9. The van der Waals surface area contributed by atoms with Crippen LogP contribution in [0.1, 0.15) is 39.8 Å². The first-order valence-electron chi connectivity index (χ1n) is 8.00. The first kappa shape index (κ1) is 17.3. The van der Waals surface area contributed by atoms with Crippen molar-refractivity contribution in [1.82, 2.24) is 20.0 Å². The summed E-state index contributed by atoms with van der Waals surface area (Å²) in [4.78, 5) is 16.2. The van der Waals surface area contributed by atoms with Gasteiger partial charge in [-0.3, -0.25) is 0 Å². The van der Waals surface area contributed by atoms with Crippen LogP contribution in [0.25, 0.3) is 5.65 Å². The van der Waals surface area contributed by atoms with E-state index in [1.807, 2.05) is 55.8 Å². The van der Waals surface area contributed by atoms with Crippen LogP contribution in [0.5, 0.6) is 0 Å². The molecule has 1 amide bonds. The Kier molecular flexibility index (Phi) is 5.60. The van der Waals surface area contributed by atoms with Crippen molar-refractivity contribution < 1.29 is 9.53 Å². The Bertz CT molecular complexity index is 612. The van der Waals surface area contributed by atoms with Crippen LogP contribution in [-0.2, 0) is 11.3 Å². The van der Waals surface area contributed by atoms with Gasteiger partial charge in [-0.1, -0.05) is 13.0 Å². The lowest BCUT2D eigenvalue weighted by Gasteiger charge is -2.22. The van der Waals surface area contributed by atoms with Gasteiger partial charge in [-0.05, 0) is 39.3 Å². The number of pyridine rings is 1. The van der Waals surface area contributed by atoms with Gasteiger partial charge in [0.2, 0.25) is 0 Å². The minimum absolute atomic E-state index is 0.173. The fourth-order valence-corrected chi connectivity index (χ4v) is 2.20. The van der Waals surface area contributed by atoms with E-state index in [1.54, 1.807) is 0 Å². The third-order valence-corrected chi connectivity index (χ3v) is 3.37. The zero-order valence-corrected chi connectivity index (χ0v) is 14.3. The highest BCUT2D eigenvalue weighted by Crippen LogP contribution is 2.07. The fraction of sp³-hybridized carbons (Fsp3) is 0.529. The lowest BCUT2D eigenvalue weighted by molar-refractivity contribution is 0.0522. The maximum atomic E-state index is 11.7. The van der Waals surface area contributed by atoms with E-state index in [9.17, 15) is 4.79 Å². The van der Waals surface area contributed by atoms with E-state index in [-0.39, 0.29) is 12.1 Å². The van der Waals surface area contributed by atoms with Crippen molar-refractivity contribution >= 4 is 11.7 Å². The Balaban J connectivity index is 1.81. The van der Waals surface area contributed by atoms with Crippen LogP contribution >= 0.6 is 0 Å². The van der Waals surface area contributed by atoms with E-state index in [1.165, 1.54) is 0 Å². The number of hydrogen-bond donors (Lipinski definition) is 2. The molecule has 0 aliphatic carbocycles. The van der Waals surface area contributed by atoms with Crippen LogP contribution in [-0.4, -0.2) is 33.7 Å². The summed E-state index contributed by atoms with van der Waals surface area (Å²) in [5, 5.41) is 6.22.